The van der Waals surface area contributed by atoms with E-state index in [-0.39, 0.29) is 16.5 Å². The van der Waals surface area contributed by atoms with Crippen molar-refractivity contribution < 1.29 is 27.2 Å². The maximum Gasteiger partial charge on any atom is 0.266 e. The number of hydrogen-bond donors (Lipinski definition) is 3. The van der Waals surface area contributed by atoms with Crippen molar-refractivity contribution in [1.82, 2.24) is 14.9 Å². The highest BCUT2D eigenvalue weighted by Gasteiger charge is 2.25. The number of primary amides is 1. The van der Waals surface area contributed by atoms with Crippen molar-refractivity contribution >= 4 is 32.7 Å². The monoisotopic (exact) mass is 514 g/mol. The third-order valence-corrected chi connectivity index (χ3v) is 6.75. The van der Waals surface area contributed by atoms with Crippen molar-refractivity contribution in [3.63, 3.8) is 0 Å². The molecule has 0 atom stereocenters. The second kappa shape index (κ2) is 10.3. The Morgan fingerprint density at radius 2 is 1.97 bits per heavy atom. The Labute approximate surface area is 207 Å². The van der Waals surface area contributed by atoms with Gasteiger partial charge in [0.05, 0.1) is 19.9 Å². The highest BCUT2D eigenvalue weighted by molar-refractivity contribution is 7.92. The molecular formula is C23H26N6O6S. The lowest BCUT2D eigenvalue weighted by Gasteiger charge is -2.13. The Hall–Kier alpha value is -4.10. The summed E-state index contributed by atoms with van der Waals surface area (Å²) in [6.07, 6.45) is 4.11. The number of carbonyl (C=O) groups is 1. The number of nitrogens with zero attached hydrogens (tertiary/aromatic N) is 3. The number of benzene rings is 2. The molecule has 0 aliphatic heterocycles. The normalized spacial score (nSPS) is 11.5. The maximum absolute atomic E-state index is 13.4. The van der Waals surface area contributed by atoms with Gasteiger partial charge in [0.25, 0.3) is 15.9 Å². The highest BCUT2D eigenvalue weighted by atomic mass is 32.2. The highest BCUT2D eigenvalue weighted by Crippen LogP contribution is 2.36. The maximum atomic E-state index is 13.4. The molecule has 0 aliphatic carbocycles. The number of anilines is 1. The van der Waals surface area contributed by atoms with Crippen LogP contribution in [0.2, 0.25) is 0 Å². The van der Waals surface area contributed by atoms with Crippen molar-refractivity contribution in [1.29, 1.82) is 0 Å². The minimum absolute atomic E-state index is 0.0170. The summed E-state index contributed by atoms with van der Waals surface area (Å²) < 4.78 is 47.2. The predicted molar refractivity (Wildman–Crippen MR) is 131 cm³/mol. The third-order valence-electron chi connectivity index (χ3n) is 5.39. The van der Waals surface area contributed by atoms with E-state index in [1.54, 1.807) is 29.1 Å². The van der Waals surface area contributed by atoms with E-state index in [1.165, 1.54) is 19.2 Å². The van der Waals surface area contributed by atoms with Gasteiger partial charge in [0.1, 0.15) is 21.8 Å². The summed E-state index contributed by atoms with van der Waals surface area (Å²) in [6, 6.07) is 8.14. The van der Waals surface area contributed by atoms with Gasteiger partial charge in [0, 0.05) is 18.3 Å². The van der Waals surface area contributed by atoms with E-state index in [0.29, 0.717) is 36.2 Å². The molecule has 4 rings (SSSR count). The Balaban J connectivity index is 1.69. The average Bonchev–Trinajstić information content (AvgIpc) is 3.48. The van der Waals surface area contributed by atoms with Crippen LogP contribution in [-0.4, -0.2) is 43.0 Å². The van der Waals surface area contributed by atoms with Gasteiger partial charge in [0.15, 0.2) is 18.0 Å². The number of aromatic nitrogens is 3. The molecule has 5 N–H and O–H groups in total. The number of ether oxygens (including phenoxy) is 2. The molecule has 0 unspecified atom stereocenters. The minimum atomic E-state index is -4.20. The molecule has 2 heterocycles. The van der Waals surface area contributed by atoms with Gasteiger partial charge in [-0.15, -0.1) is 0 Å². The molecule has 4 aromatic rings. The number of nitrogens with one attached hydrogen (secondary N) is 1. The van der Waals surface area contributed by atoms with Gasteiger partial charge in [0.2, 0.25) is 0 Å². The fourth-order valence-corrected chi connectivity index (χ4v) is 4.83. The summed E-state index contributed by atoms with van der Waals surface area (Å²) in [7, 11) is -2.74. The number of fused-ring (bicyclic) bond motifs is 1. The summed E-state index contributed by atoms with van der Waals surface area (Å²) in [6.45, 7) is 2.21. The average molecular weight is 515 g/mol. The molecule has 0 spiro atoms. The van der Waals surface area contributed by atoms with Crippen LogP contribution in [0.3, 0.4) is 0 Å². The lowest BCUT2D eigenvalue weighted by atomic mass is 10.1. The van der Waals surface area contributed by atoms with Crippen LogP contribution < -0.4 is 25.7 Å². The SMILES string of the molecule is CCc1ccc(OCC(N)=O)c(S(=O)(=O)Nc2noc3cc(Cn4cc(CN)cn4)cc(OC)c23)c1. The molecule has 0 aliphatic rings. The van der Waals surface area contributed by atoms with E-state index < -0.39 is 22.5 Å². The largest absolute Gasteiger partial charge is 0.496 e. The number of amides is 1. The zero-order chi connectivity index (χ0) is 25.9. The lowest BCUT2D eigenvalue weighted by molar-refractivity contribution is -0.120. The number of methoxy groups -OCH3 is 1. The molecule has 0 saturated carbocycles. The number of sulfonamides is 1. The first kappa shape index (κ1) is 25.0. The van der Waals surface area contributed by atoms with Gasteiger partial charge in [-0.25, -0.2) is 8.42 Å². The van der Waals surface area contributed by atoms with Gasteiger partial charge >= 0.3 is 0 Å². The third kappa shape index (κ3) is 5.26. The van der Waals surface area contributed by atoms with Crippen molar-refractivity contribution in [3.05, 3.63) is 59.4 Å². The zero-order valence-corrected chi connectivity index (χ0v) is 20.5. The molecular weight excluding hydrogens is 488 g/mol. The van der Waals surface area contributed by atoms with Gasteiger partial charge < -0.3 is 25.5 Å². The van der Waals surface area contributed by atoms with Gasteiger partial charge in [-0.3, -0.25) is 14.2 Å². The van der Waals surface area contributed by atoms with E-state index >= 15 is 0 Å². The standard InChI is InChI=1S/C23H26N6O6S/c1-3-14-4-5-17(34-13-21(25)30)20(8-14)36(31,32)28-23-22-18(33-2)6-15(7-19(22)35-27-23)11-29-12-16(9-24)10-26-29/h4-8,10,12H,3,9,11,13,24H2,1-2H3,(H2,25,30)(H,27,28). The summed E-state index contributed by atoms with van der Waals surface area (Å²) >= 11 is 0. The summed E-state index contributed by atoms with van der Waals surface area (Å²) in [5, 5.41) is 8.54. The molecule has 2 aromatic carbocycles. The molecule has 13 heteroatoms. The second-order valence-corrected chi connectivity index (χ2v) is 9.60. The molecule has 12 nitrogen and oxygen atoms in total. The molecule has 0 bridgehead atoms. The summed E-state index contributed by atoms with van der Waals surface area (Å²) in [4.78, 5) is 11.0. The van der Waals surface area contributed by atoms with E-state index in [0.717, 1.165) is 16.7 Å². The van der Waals surface area contributed by atoms with Crippen molar-refractivity contribution in [2.24, 2.45) is 11.5 Å². The fourth-order valence-electron chi connectivity index (χ4n) is 3.63. The number of aryl methyl sites for hydroxylation is 1. The lowest BCUT2D eigenvalue weighted by Crippen LogP contribution is -2.22. The molecule has 0 fully saturated rings. The Bertz CT molecular complexity index is 1510. The smallest absolute Gasteiger partial charge is 0.266 e. The van der Waals surface area contributed by atoms with Gasteiger partial charge in [-0.1, -0.05) is 18.1 Å². The van der Waals surface area contributed by atoms with E-state index in [2.05, 4.69) is 15.0 Å². The predicted octanol–water partition coefficient (Wildman–Crippen LogP) is 1.77. The number of carbonyl (C=O) groups excluding carboxylic acids is 1. The second-order valence-electron chi connectivity index (χ2n) is 7.95. The van der Waals surface area contributed by atoms with Crippen LogP contribution in [0.1, 0.15) is 23.6 Å². The van der Waals surface area contributed by atoms with Crippen molar-refractivity contribution in [2.75, 3.05) is 18.4 Å². The molecule has 2 aromatic heterocycles. The van der Waals surface area contributed by atoms with E-state index in [1.807, 2.05) is 13.1 Å². The fraction of sp³-hybridized carbons (Fsp3) is 0.261. The Morgan fingerprint density at radius 1 is 1.17 bits per heavy atom. The first-order valence-corrected chi connectivity index (χ1v) is 12.5. The Kier molecular flexibility index (Phi) is 7.12. The van der Waals surface area contributed by atoms with Crippen molar-refractivity contribution in [3.8, 4) is 11.5 Å². The van der Waals surface area contributed by atoms with Gasteiger partial charge in [-0.2, -0.15) is 5.10 Å². The zero-order valence-electron chi connectivity index (χ0n) is 19.7. The molecule has 0 radical (unpaired) electrons. The van der Waals surface area contributed by atoms with Crippen LogP contribution in [0.4, 0.5) is 5.82 Å². The van der Waals surface area contributed by atoms with Crippen LogP contribution in [-0.2, 0) is 34.3 Å². The topological polar surface area (TPSA) is 178 Å². The number of nitrogens with two attached hydrogens (primary N) is 2. The quantitative estimate of drug-likeness (QED) is 0.269. The Morgan fingerprint density at radius 3 is 2.64 bits per heavy atom. The first-order valence-electron chi connectivity index (χ1n) is 11.0. The van der Waals surface area contributed by atoms with Crippen LogP contribution in [0.5, 0.6) is 11.5 Å². The molecule has 36 heavy (non-hydrogen) atoms. The summed E-state index contributed by atoms with van der Waals surface area (Å²) in [5.41, 5.74) is 13.6. The van der Waals surface area contributed by atoms with Crippen LogP contribution >= 0.6 is 0 Å². The van der Waals surface area contributed by atoms with Crippen LogP contribution in [0.15, 0.2) is 52.1 Å². The summed E-state index contributed by atoms with van der Waals surface area (Å²) in [5.74, 6) is -0.444. The first-order chi connectivity index (χ1) is 17.2. The number of hydrogen-bond acceptors (Lipinski definition) is 9. The van der Waals surface area contributed by atoms with Crippen molar-refractivity contribution in [2.45, 2.75) is 31.3 Å². The molecule has 0 saturated heterocycles. The van der Waals surface area contributed by atoms with Gasteiger partial charge in [-0.05, 0) is 41.8 Å². The van der Waals surface area contributed by atoms with Crippen LogP contribution in [0, 0.1) is 0 Å². The molecule has 1 amide bonds. The van der Waals surface area contributed by atoms with Crippen LogP contribution in [0.25, 0.3) is 11.0 Å². The minimum Gasteiger partial charge on any atom is -0.496 e. The molecule has 190 valence electrons. The number of rotatable bonds is 11. The van der Waals surface area contributed by atoms with E-state index in [4.69, 9.17) is 25.5 Å². The van der Waals surface area contributed by atoms with E-state index in [9.17, 15) is 13.2 Å².